The summed E-state index contributed by atoms with van der Waals surface area (Å²) in [5.74, 6) is 0.441. The Labute approximate surface area is 174 Å². The third-order valence-corrected chi connectivity index (χ3v) is 6.01. The van der Waals surface area contributed by atoms with E-state index in [1.165, 1.54) is 31.4 Å². The van der Waals surface area contributed by atoms with Gasteiger partial charge >= 0.3 is 6.18 Å². The van der Waals surface area contributed by atoms with Crippen LogP contribution in [0.5, 0.6) is 0 Å². The Morgan fingerprint density at radius 2 is 1.65 bits per heavy atom. The lowest BCUT2D eigenvalue weighted by atomic mass is 9.80. The fourth-order valence-electron chi connectivity index (χ4n) is 4.11. The summed E-state index contributed by atoms with van der Waals surface area (Å²) in [5, 5.41) is 3.34. The predicted molar refractivity (Wildman–Crippen MR) is 107 cm³/mol. The number of alkyl halides is 3. The molecule has 1 aromatic rings. The quantitative estimate of drug-likeness (QED) is 0.588. The molecule has 0 radical (unpaired) electrons. The van der Waals surface area contributed by atoms with E-state index in [-0.39, 0.29) is 30.9 Å². The molecule has 0 aromatic heterocycles. The van der Waals surface area contributed by atoms with Crippen LogP contribution in [0, 0.1) is 5.92 Å². The van der Waals surface area contributed by atoms with Crippen LogP contribution >= 0.6 is 40.7 Å². The first-order chi connectivity index (χ1) is 11.5. The SMILES string of the molecule is Cl.Cl.FC(F)(F)c1ccc(Br)c([C@@H](C2CCCCC2)N2CCNCC2)c1. The molecule has 0 bridgehead atoms. The minimum atomic E-state index is -4.30. The zero-order chi connectivity index (χ0) is 17.2. The highest BCUT2D eigenvalue weighted by molar-refractivity contribution is 9.10. The Morgan fingerprint density at radius 3 is 2.23 bits per heavy atom. The van der Waals surface area contributed by atoms with E-state index in [0.29, 0.717) is 5.92 Å². The average Bonchev–Trinajstić information content (AvgIpc) is 2.58. The number of hydrogen-bond acceptors (Lipinski definition) is 2. The molecule has 3 rings (SSSR count). The molecule has 1 saturated carbocycles. The molecule has 26 heavy (non-hydrogen) atoms. The standard InChI is InChI=1S/C18H24BrF3N2.2ClH/c19-16-7-6-14(18(20,21)22)12-15(16)17(13-4-2-1-3-5-13)24-10-8-23-9-11-24;;/h6-7,12-13,17,23H,1-5,8-11H2;2*1H/t17-;;/m1../s1. The molecular weight excluding hydrogens is 452 g/mol. The predicted octanol–water partition coefficient (Wildman–Crippen LogP) is 5.84. The van der Waals surface area contributed by atoms with Gasteiger partial charge in [-0.3, -0.25) is 4.90 Å². The molecule has 0 amide bonds. The van der Waals surface area contributed by atoms with Gasteiger partial charge in [0.05, 0.1) is 5.56 Å². The third kappa shape index (κ3) is 5.74. The van der Waals surface area contributed by atoms with E-state index in [9.17, 15) is 13.2 Å². The van der Waals surface area contributed by atoms with Crippen molar-refractivity contribution in [3.05, 3.63) is 33.8 Å². The van der Waals surface area contributed by atoms with E-state index >= 15 is 0 Å². The summed E-state index contributed by atoms with van der Waals surface area (Å²) < 4.78 is 40.4. The maximum Gasteiger partial charge on any atom is 0.416 e. The Bertz CT molecular complexity index is 542. The fraction of sp³-hybridized carbons (Fsp3) is 0.667. The van der Waals surface area contributed by atoms with E-state index < -0.39 is 11.7 Å². The van der Waals surface area contributed by atoms with Gasteiger partial charge in [-0.05, 0) is 42.5 Å². The maximum atomic E-state index is 13.2. The Morgan fingerprint density at radius 1 is 1.04 bits per heavy atom. The lowest BCUT2D eigenvalue weighted by Crippen LogP contribution is -2.47. The second kappa shape index (κ2) is 10.5. The molecule has 1 N–H and O–H groups in total. The van der Waals surface area contributed by atoms with Crippen molar-refractivity contribution in [1.29, 1.82) is 0 Å². The number of piperazine rings is 1. The van der Waals surface area contributed by atoms with Crippen molar-refractivity contribution in [2.75, 3.05) is 26.2 Å². The summed E-state index contributed by atoms with van der Waals surface area (Å²) in [6, 6.07) is 4.18. The Hall–Kier alpha value is -0.0100. The molecule has 1 aliphatic carbocycles. The molecule has 8 heteroatoms. The average molecular weight is 478 g/mol. The molecule has 150 valence electrons. The summed E-state index contributed by atoms with van der Waals surface area (Å²) in [6.45, 7) is 3.59. The molecule has 1 heterocycles. The highest BCUT2D eigenvalue weighted by Gasteiger charge is 2.35. The van der Waals surface area contributed by atoms with Gasteiger partial charge in [-0.2, -0.15) is 13.2 Å². The lowest BCUT2D eigenvalue weighted by Gasteiger charge is -2.41. The highest BCUT2D eigenvalue weighted by Crippen LogP contribution is 2.42. The molecule has 2 aliphatic rings. The van der Waals surface area contributed by atoms with E-state index in [2.05, 4.69) is 26.1 Å². The van der Waals surface area contributed by atoms with E-state index in [0.717, 1.165) is 49.1 Å². The molecule has 0 unspecified atom stereocenters. The van der Waals surface area contributed by atoms with Crippen molar-refractivity contribution < 1.29 is 13.2 Å². The van der Waals surface area contributed by atoms with Gasteiger partial charge in [-0.25, -0.2) is 0 Å². The van der Waals surface area contributed by atoms with Crippen LogP contribution in [-0.2, 0) is 6.18 Å². The summed E-state index contributed by atoms with van der Waals surface area (Å²) in [4.78, 5) is 2.38. The van der Waals surface area contributed by atoms with Crippen molar-refractivity contribution in [2.24, 2.45) is 5.92 Å². The molecule has 0 spiro atoms. The molecule has 1 saturated heterocycles. The van der Waals surface area contributed by atoms with Gasteiger partial charge in [0.1, 0.15) is 0 Å². The van der Waals surface area contributed by atoms with Crippen LogP contribution in [0.3, 0.4) is 0 Å². The van der Waals surface area contributed by atoms with Crippen LogP contribution < -0.4 is 5.32 Å². The first-order valence-electron chi connectivity index (χ1n) is 8.78. The van der Waals surface area contributed by atoms with Crippen LogP contribution in [0.15, 0.2) is 22.7 Å². The van der Waals surface area contributed by atoms with Crippen molar-refractivity contribution in [1.82, 2.24) is 10.2 Å². The molecular formula is C18H26BrCl2F3N2. The largest absolute Gasteiger partial charge is 0.416 e. The van der Waals surface area contributed by atoms with Gasteiger partial charge in [0.15, 0.2) is 0 Å². The molecule has 1 aliphatic heterocycles. The number of rotatable bonds is 3. The molecule has 1 aromatic carbocycles. The normalized spacial score (nSPS) is 20.8. The van der Waals surface area contributed by atoms with Gasteiger partial charge in [0, 0.05) is 36.7 Å². The Kier molecular flexibility index (Phi) is 9.71. The summed E-state index contributed by atoms with van der Waals surface area (Å²) in [7, 11) is 0. The van der Waals surface area contributed by atoms with Gasteiger partial charge in [-0.1, -0.05) is 35.2 Å². The number of halogens is 6. The second-order valence-corrected chi connectivity index (χ2v) is 7.72. The zero-order valence-corrected chi connectivity index (χ0v) is 17.7. The van der Waals surface area contributed by atoms with Crippen molar-refractivity contribution >= 4 is 40.7 Å². The first kappa shape index (κ1) is 24.0. The monoisotopic (exact) mass is 476 g/mol. The zero-order valence-electron chi connectivity index (χ0n) is 14.5. The maximum absolute atomic E-state index is 13.2. The highest BCUT2D eigenvalue weighted by atomic mass is 79.9. The van der Waals surface area contributed by atoms with Gasteiger partial charge in [-0.15, -0.1) is 24.8 Å². The smallest absolute Gasteiger partial charge is 0.314 e. The van der Waals surface area contributed by atoms with Crippen molar-refractivity contribution in [3.63, 3.8) is 0 Å². The molecule has 2 fully saturated rings. The molecule has 1 atom stereocenters. The number of nitrogens with zero attached hydrogens (tertiary/aromatic N) is 1. The van der Waals surface area contributed by atoms with Crippen LogP contribution in [0.4, 0.5) is 13.2 Å². The Balaban J connectivity index is 0.00000169. The van der Waals surface area contributed by atoms with Crippen LogP contribution in [0.25, 0.3) is 0 Å². The van der Waals surface area contributed by atoms with Gasteiger partial charge in [0.2, 0.25) is 0 Å². The summed E-state index contributed by atoms with van der Waals surface area (Å²) in [5.41, 5.74) is 0.260. The van der Waals surface area contributed by atoms with E-state index in [1.54, 1.807) is 6.07 Å². The van der Waals surface area contributed by atoms with E-state index in [1.807, 2.05) is 0 Å². The van der Waals surface area contributed by atoms with Crippen LogP contribution in [-0.4, -0.2) is 31.1 Å². The van der Waals surface area contributed by atoms with Crippen LogP contribution in [0.2, 0.25) is 0 Å². The van der Waals surface area contributed by atoms with Crippen molar-refractivity contribution in [2.45, 2.75) is 44.3 Å². The lowest BCUT2D eigenvalue weighted by molar-refractivity contribution is -0.137. The van der Waals surface area contributed by atoms with E-state index in [4.69, 9.17) is 0 Å². The number of nitrogens with one attached hydrogen (secondary N) is 1. The minimum Gasteiger partial charge on any atom is -0.314 e. The van der Waals surface area contributed by atoms with Gasteiger partial charge in [0.25, 0.3) is 0 Å². The topological polar surface area (TPSA) is 15.3 Å². The molecule has 2 nitrogen and oxygen atoms in total. The fourth-order valence-corrected chi connectivity index (χ4v) is 4.59. The minimum absolute atomic E-state index is 0. The summed E-state index contributed by atoms with van der Waals surface area (Å²) >= 11 is 3.52. The number of hydrogen-bond donors (Lipinski definition) is 1. The third-order valence-electron chi connectivity index (χ3n) is 5.28. The first-order valence-corrected chi connectivity index (χ1v) is 9.57. The van der Waals surface area contributed by atoms with Crippen LogP contribution in [0.1, 0.15) is 49.3 Å². The number of benzene rings is 1. The van der Waals surface area contributed by atoms with Gasteiger partial charge < -0.3 is 5.32 Å². The second-order valence-electron chi connectivity index (χ2n) is 6.86. The summed E-state index contributed by atoms with van der Waals surface area (Å²) in [6.07, 6.45) is 1.53. The van der Waals surface area contributed by atoms with Crippen molar-refractivity contribution in [3.8, 4) is 0 Å².